The van der Waals surface area contributed by atoms with E-state index in [1.807, 2.05) is 6.92 Å². The Morgan fingerprint density at radius 3 is 2.81 bits per heavy atom. The van der Waals surface area contributed by atoms with Crippen molar-refractivity contribution in [2.75, 3.05) is 18.0 Å². The number of terminal acetylenes is 1. The number of hydrogen-bond donors (Lipinski definition) is 3. The highest BCUT2D eigenvalue weighted by Gasteiger charge is 2.70. The highest BCUT2D eigenvalue weighted by atomic mass is 35.5. The van der Waals surface area contributed by atoms with Crippen LogP contribution < -0.4 is 21.1 Å². The molecule has 4 heterocycles. The topological polar surface area (TPSA) is 136 Å². The first-order chi connectivity index (χ1) is 14.9. The maximum Gasteiger partial charge on any atom is 0.326 e. The number of H-pyrrole nitrogens is 1. The number of rotatable bonds is 5. The second kappa shape index (κ2) is 6.83. The number of nitrogens with zero attached hydrogens (tertiary/aromatic N) is 4. The molecule has 2 unspecified atom stereocenters. The third-order valence-corrected chi connectivity index (χ3v) is 6.65. The van der Waals surface area contributed by atoms with E-state index in [9.17, 15) is 4.79 Å². The lowest BCUT2D eigenvalue weighted by molar-refractivity contribution is -0.120. The number of carbonyl (C=O) groups excluding carboxylic acids is 1. The van der Waals surface area contributed by atoms with Crippen LogP contribution in [0, 0.1) is 24.2 Å². The Hall–Kier alpha value is -3.35. The number of pyridine rings is 1. The fraction of sp³-hybridized carbons (Fsp3) is 0.333. The lowest BCUT2D eigenvalue weighted by Gasteiger charge is -2.24. The molecule has 9 nitrogen and oxygen atoms in total. The van der Waals surface area contributed by atoms with Gasteiger partial charge >= 0.3 is 6.01 Å². The van der Waals surface area contributed by atoms with Gasteiger partial charge in [0.15, 0.2) is 5.75 Å². The number of primary amides is 1. The minimum atomic E-state index is -0.945. The summed E-state index contributed by atoms with van der Waals surface area (Å²) in [5, 5.41) is 1.29. The number of amides is 1. The van der Waals surface area contributed by atoms with Gasteiger partial charge in [0, 0.05) is 42.4 Å². The number of ether oxygens (including phenoxy) is 1. The number of halogens is 1. The summed E-state index contributed by atoms with van der Waals surface area (Å²) in [6.45, 7) is 3.10. The number of aryl methyl sites for hydroxylation is 1. The van der Waals surface area contributed by atoms with Gasteiger partial charge in [-0.2, -0.15) is 9.97 Å². The fourth-order valence-electron chi connectivity index (χ4n) is 4.45. The summed E-state index contributed by atoms with van der Waals surface area (Å²) in [4.78, 5) is 30.3. The number of piperidine rings is 1. The molecule has 1 aliphatic carbocycles. The number of nitrogens with one attached hydrogen (secondary N) is 1. The highest BCUT2D eigenvalue weighted by molar-refractivity contribution is 6.37. The molecular weight excluding hydrogens is 418 g/mol. The number of hydrogen-bond acceptors (Lipinski definition) is 7. The predicted molar refractivity (Wildman–Crippen MR) is 116 cm³/mol. The number of nitrogens with two attached hydrogens (primary N) is 2. The molecular formula is C21H20ClN7O2. The van der Waals surface area contributed by atoms with E-state index >= 15 is 0 Å². The second-order valence-corrected chi connectivity index (χ2v) is 8.27. The zero-order chi connectivity index (χ0) is 21.9. The monoisotopic (exact) mass is 437 g/mol. The Morgan fingerprint density at radius 1 is 1.42 bits per heavy atom. The summed E-state index contributed by atoms with van der Waals surface area (Å²) < 4.78 is 5.86. The first kappa shape index (κ1) is 19.6. The van der Waals surface area contributed by atoms with Gasteiger partial charge in [-0.1, -0.05) is 24.4 Å². The Balaban J connectivity index is 1.54. The van der Waals surface area contributed by atoms with Gasteiger partial charge in [-0.3, -0.25) is 9.78 Å². The lowest BCUT2D eigenvalue weighted by Crippen LogP contribution is -2.47. The summed E-state index contributed by atoms with van der Waals surface area (Å²) in [5.74, 6) is 3.08. The molecule has 1 saturated heterocycles. The normalized spacial score (nSPS) is 24.1. The maximum atomic E-state index is 11.7. The molecule has 2 atom stereocenters. The molecule has 1 aliphatic heterocycles. The van der Waals surface area contributed by atoms with Crippen molar-refractivity contribution in [3.63, 3.8) is 0 Å². The lowest BCUT2D eigenvalue weighted by atomic mass is 10.1. The molecule has 0 aromatic carbocycles. The van der Waals surface area contributed by atoms with E-state index in [2.05, 4.69) is 30.8 Å². The molecule has 1 amide bonds. The minimum Gasteiger partial charge on any atom is -0.422 e. The van der Waals surface area contributed by atoms with Crippen LogP contribution in [0.15, 0.2) is 18.5 Å². The highest BCUT2D eigenvalue weighted by Crippen LogP contribution is 2.54. The largest absolute Gasteiger partial charge is 0.422 e. The van der Waals surface area contributed by atoms with Gasteiger partial charge in [0.2, 0.25) is 5.91 Å². The second-order valence-electron chi connectivity index (χ2n) is 7.90. The van der Waals surface area contributed by atoms with Crippen LogP contribution in [-0.4, -0.2) is 44.5 Å². The average Bonchev–Trinajstić information content (AvgIpc) is 3.09. The van der Waals surface area contributed by atoms with Crippen LogP contribution >= 0.6 is 11.6 Å². The Bertz CT molecular complexity index is 1250. The van der Waals surface area contributed by atoms with Crippen LogP contribution in [0.5, 0.6) is 11.8 Å². The number of aromatic nitrogens is 4. The van der Waals surface area contributed by atoms with E-state index in [-0.39, 0.29) is 17.8 Å². The summed E-state index contributed by atoms with van der Waals surface area (Å²) in [7, 11) is 0. The first-order valence-electron chi connectivity index (χ1n) is 9.88. The summed E-state index contributed by atoms with van der Waals surface area (Å²) in [6, 6.07) is 1.81. The van der Waals surface area contributed by atoms with Gasteiger partial charge in [0.25, 0.3) is 0 Å². The molecule has 158 valence electrons. The van der Waals surface area contributed by atoms with E-state index in [0.717, 1.165) is 5.69 Å². The molecule has 3 aromatic heterocycles. The molecule has 10 heteroatoms. The van der Waals surface area contributed by atoms with Crippen LogP contribution in [0.4, 0.5) is 5.82 Å². The van der Waals surface area contributed by atoms with Crippen molar-refractivity contribution >= 4 is 34.4 Å². The number of carbonyl (C=O) groups is 1. The van der Waals surface area contributed by atoms with E-state index in [1.165, 1.54) is 6.20 Å². The van der Waals surface area contributed by atoms with Gasteiger partial charge < -0.3 is 26.1 Å². The molecule has 2 fully saturated rings. The standard InChI is InChI=1S/C21H20ClN7O2/c1-3-10-5-11(7-25-6-10)31-20-27-17-15(16(22)14(4-2)26-17)18(28-20)29-8-12-13(9-29)21(12,24)19(23)30/h1,5-7,12-13H,4,8-9,24H2,2H3,(H2,23,30)(H,26,27,28). The maximum absolute atomic E-state index is 11.7. The molecule has 0 bridgehead atoms. The van der Waals surface area contributed by atoms with E-state index < -0.39 is 11.4 Å². The van der Waals surface area contributed by atoms with Crippen molar-refractivity contribution in [2.24, 2.45) is 23.3 Å². The third-order valence-electron chi connectivity index (χ3n) is 6.23. The molecule has 3 aromatic rings. The molecule has 0 spiro atoms. The van der Waals surface area contributed by atoms with Crippen molar-refractivity contribution in [1.29, 1.82) is 0 Å². The Labute approximate surface area is 183 Å². The fourth-order valence-corrected chi connectivity index (χ4v) is 4.81. The van der Waals surface area contributed by atoms with Crippen molar-refractivity contribution < 1.29 is 9.53 Å². The molecule has 5 rings (SSSR count). The Kier molecular flexibility index (Phi) is 4.32. The smallest absolute Gasteiger partial charge is 0.326 e. The molecule has 31 heavy (non-hydrogen) atoms. The number of anilines is 1. The SMILES string of the molecule is C#Cc1cncc(Oc2nc(N3CC4C(C3)C4(N)C(N)=O)c3c(Cl)c(CC)[nH]c3n2)c1. The molecule has 1 saturated carbocycles. The van der Waals surface area contributed by atoms with E-state index in [0.29, 0.717) is 52.7 Å². The zero-order valence-electron chi connectivity index (χ0n) is 16.7. The summed E-state index contributed by atoms with van der Waals surface area (Å²) in [6.07, 6.45) is 9.25. The molecule has 2 aliphatic rings. The zero-order valence-corrected chi connectivity index (χ0v) is 17.5. The Morgan fingerprint density at radius 2 is 2.16 bits per heavy atom. The van der Waals surface area contributed by atoms with Gasteiger partial charge in [0.1, 0.15) is 17.0 Å². The van der Waals surface area contributed by atoms with Gasteiger partial charge in [0.05, 0.1) is 16.6 Å². The van der Waals surface area contributed by atoms with Gasteiger partial charge in [-0.05, 0) is 12.5 Å². The molecule has 5 N–H and O–H groups in total. The predicted octanol–water partition coefficient (Wildman–Crippen LogP) is 1.59. The van der Waals surface area contributed by atoms with Crippen molar-refractivity contribution in [1.82, 2.24) is 19.9 Å². The summed E-state index contributed by atoms with van der Waals surface area (Å²) in [5.41, 5.74) is 12.8. The van der Waals surface area contributed by atoms with Crippen LogP contribution in [-0.2, 0) is 11.2 Å². The molecule has 0 radical (unpaired) electrons. The number of fused-ring (bicyclic) bond motifs is 2. The average molecular weight is 438 g/mol. The summed E-state index contributed by atoms with van der Waals surface area (Å²) >= 11 is 6.64. The van der Waals surface area contributed by atoms with E-state index in [1.54, 1.807) is 12.3 Å². The first-order valence-corrected chi connectivity index (χ1v) is 10.3. The van der Waals surface area contributed by atoms with Crippen LogP contribution in [0.2, 0.25) is 5.02 Å². The van der Waals surface area contributed by atoms with Crippen LogP contribution in [0.3, 0.4) is 0 Å². The van der Waals surface area contributed by atoms with Crippen LogP contribution in [0.25, 0.3) is 11.0 Å². The van der Waals surface area contributed by atoms with Crippen LogP contribution in [0.1, 0.15) is 18.2 Å². The van der Waals surface area contributed by atoms with Crippen molar-refractivity contribution in [3.8, 4) is 24.1 Å². The van der Waals surface area contributed by atoms with Crippen molar-refractivity contribution in [3.05, 3.63) is 34.7 Å². The van der Waals surface area contributed by atoms with Crippen molar-refractivity contribution in [2.45, 2.75) is 18.9 Å². The van der Waals surface area contributed by atoms with Gasteiger partial charge in [-0.15, -0.1) is 6.42 Å². The van der Waals surface area contributed by atoms with Gasteiger partial charge in [-0.25, -0.2) is 0 Å². The third kappa shape index (κ3) is 2.91. The van der Waals surface area contributed by atoms with E-state index in [4.69, 9.17) is 34.2 Å². The quantitative estimate of drug-likeness (QED) is 0.515. The minimum absolute atomic E-state index is 0.0146. The number of aromatic amines is 1.